The highest BCUT2D eigenvalue weighted by atomic mass is 31.2. The van der Waals surface area contributed by atoms with Crippen molar-refractivity contribution < 1.29 is 18.5 Å². The van der Waals surface area contributed by atoms with Crippen LogP contribution < -0.4 is 5.48 Å². The fourth-order valence-electron chi connectivity index (χ4n) is 3.42. The van der Waals surface area contributed by atoms with Crippen molar-refractivity contribution in [2.45, 2.75) is 31.9 Å². The molecule has 0 saturated heterocycles. The Morgan fingerprint density at radius 3 is 1.65 bits per heavy atom. The van der Waals surface area contributed by atoms with E-state index < -0.39 is 7.60 Å². The zero-order valence-electron chi connectivity index (χ0n) is 17.4. The van der Waals surface area contributed by atoms with Gasteiger partial charge in [-0.3, -0.25) is 9.40 Å². The van der Waals surface area contributed by atoms with Crippen molar-refractivity contribution in [3.8, 4) is 0 Å². The minimum absolute atomic E-state index is 0.118. The van der Waals surface area contributed by atoms with Crippen LogP contribution in [0, 0.1) is 5.92 Å². The van der Waals surface area contributed by atoms with Crippen LogP contribution >= 0.6 is 7.60 Å². The lowest BCUT2D eigenvalue weighted by Gasteiger charge is -2.19. The zero-order chi connectivity index (χ0) is 21.4. The smallest absolute Gasteiger partial charge is 0.304 e. The van der Waals surface area contributed by atoms with E-state index in [4.69, 9.17) is 13.9 Å². The fraction of sp³-hybridized carbons (Fsp3) is 0.280. The normalized spacial score (nSPS) is 18.1. The number of hydrogen-bond donors (Lipinski definition) is 1. The molecule has 162 valence electrons. The average molecular weight is 437 g/mol. The third-order valence-electron chi connectivity index (χ3n) is 5.33. The van der Waals surface area contributed by atoms with E-state index in [2.05, 4.69) is 5.48 Å². The highest BCUT2D eigenvalue weighted by Crippen LogP contribution is 2.65. The summed E-state index contributed by atoms with van der Waals surface area (Å²) < 4.78 is 25.5. The van der Waals surface area contributed by atoms with Gasteiger partial charge in [0, 0.05) is 6.54 Å². The second-order valence-electron chi connectivity index (χ2n) is 7.74. The van der Waals surface area contributed by atoms with Crippen molar-refractivity contribution in [1.82, 2.24) is 5.48 Å². The van der Waals surface area contributed by atoms with E-state index in [0.717, 1.165) is 23.1 Å². The number of rotatable bonds is 12. The van der Waals surface area contributed by atoms with Crippen LogP contribution in [0.2, 0.25) is 0 Å². The SMILES string of the molecule is O=P(OCc1ccccc1)(OCc1ccccc1)[C@@H]1C[C@H]1CNOCc1ccccc1. The van der Waals surface area contributed by atoms with Crippen molar-refractivity contribution in [3.63, 3.8) is 0 Å². The maximum absolute atomic E-state index is 13.7. The fourth-order valence-corrected chi connectivity index (χ4v) is 5.69. The van der Waals surface area contributed by atoms with Crippen LogP contribution in [0.3, 0.4) is 0 Å². The van der Waals surface area contributed by atoms with E-state index in [1.807, 2.05) is 91.0 Å². The molecule has 0 amide bonds. The predicted molar refractivity (Wildman–Crippen MR) is 121 cm³/mol. The first-order valence-corrected chi connectivity index (χ1v) is 12.2. The van der Waals surface area contributed by atoms with Crippen LogP contribution in [0.1, 0.15) is 23.1 Å². The minimum atomic E-state index is -3.27. The summed E-state index contributed by atoms with van der Waals surface area (Å²) in [6.07, 6.45) is 0.794. The average Bonchev–Trinajstić information content (AvgIpc) is 3.62. The van der Waals surface area contributed by atoms with Crippen LogP contribution in [0.5, 0.6) is 0 Å². The summed E-state index contributed by atoms with van der Waals surface area (Å²) in [7, 11) is -3.27. The summed E-state index contributed by atoms with van der Waals surface area (Å²) >= 11 is 0. The second kappa shape index (κ2) is 10.9. The Hall–Kier alpha value is -2.27. The largest absolute Gasteiger partial charge is 0.334 e. The molecule has 4 rings (SSSR count). The van der Waals surface area contributed by atoms with Gasteiger partial charge in [-0.25, -0.2) is 5.48 Å². The number of hydrogen-bond acceptors (Lipinski definition) is 5. The molecule has 2 atom stereocenters. The first-order valence-electron chi connectivity index (χ1n) is 10.6. The molecule has 0 unspecified atom stereocenters. The summed E-state index contributed by atoms with van der Waals surface area (Å²) in [4.78, 5) is 5.57. The predicted octanol–water partition coefficient (Wildman–Crippen LogP) is 5.72. The lowest BCUT2D eigenvalue weighted by Crippen LogP contribution is -2.19. The van der Waals surface area contributed by atoms with E-state index in [-0.39, 0.29) is 24.8 Å². The van der Waals surface area contributed by atoms with Gasteiger partial charge in [-0.05, 0) is 29.0 Å². The summed E-state index contributed by atoms with van der Waals surface area (Å²) in [5.74, 6) is 0.202. The molecule has 1 aliphatic carbocycles. The van der Waals surface area contributed by atoms with Crippen molar-refractivity contribution in [3.05, 3.63) is 108 Å². The van der Waals surface area contributed by atoms with Gasteiger partial charge in [0.1, 0.15) is 0 Å². The van der Waals surface area contributed by atoms with Crippen LogP contribution in [-0.4, -0.2) is 12.2 Å². The second-order valence-corrected chi connectivity index (χ2v) is 10.0. The number of nitrogens with one attached hydrogen (secondary N) is 1. The molecule has 1 fully saturated rings. The van der Waals surface area contributed by atoms with Crippen molar-refractivity contribution in [1.29, 1.82) is 0 Å². The Balaban J connectivity index is 1.31. The maximum atomic E-state index is 13.7. The van der Waals surface area contributed by atoms with Crippen LogP contribution in [-0.2, 0) is 38.3 Å². The Labute approximate surface area is 183 Å². The van der Waals surface area contributed by atoms with Gasteiger partial charge in [0.2, 0.25) is 0 Å². The van der Waals surface area contributed by atoms with Crippen molar-refractivity contribution >= 4 is 7.60 Å². The molecule has 0 radical (unpaired) electrons. The zero-order valence-corrected chi connectivity index (χ0v) is 18.3. The molecule has 0 aromatic heterocycles. The van der Waals surface area contributed by atoms with Gasteiger partial charge >= 0.3 is 7.60 Å². The van der Waals surface area contributed by atoms with Crippen LogP contribution in [0.25, 0.3) is 0 Å². The Kier molecular flexibility index (Phi) is 7.68. The molecule has 0 aliphatic heterocycles. The van der Waals surface area contributed by atoms with Gasteiger partial charge < -0.3 is 9.05 Å². The highest BCUT2D eigenvalue weighted by molar-refractivity contribution is 7.55. The first kappa shape index (κ1) is 21.9. The molecule has 3 aromatic rings. The molecule has 5 nitrogen and oxygen atoms in total. The van der Waals surface area contributed by atoms with Gasteiger partial charge in [-0.1, -0.05) is 91.0 Å². The summed E-state index contributed by atoms with van der Waals surface area (Å²) in [5.41, 5.74) is 5.96. The Morgan fingerprint density at radius 1 is 0.710 bits per heavy atom. The minimum Gasteiger partial charge on any atom is -0.304 e. The molecule has 3 aromatic carbocycles. The molecule has 31 heavy (non-hydrogen) atoms. The van der Waals surface area contributed by atoms with Crippen LogP contribution in [0.4, 0.5) is 0 Å². The van der Waals surface area contributed by atoms with Crippen molar-refractivity contribution in [2.24, 2.45) is 5.92 Å². The van der Waals surface area contributed by atoms with Gasteiger partial charge in [0.25, 0.3) is 0 Å². The summed E-state index contributed by atoms with van der Waals surface area (Å²) in [6, 6.07) is 29.5. The third kappa shape index (κ3) is 6.60. The Morgan fingerprint density at radius 2 is 1.16 bits per heavy atom. The van der Waals surface area contributed by atoms with Gasteiger partial charge in [0.05, 0.1) is 25.5 Å². The lowest BCUT2D eigenvalue weighted by atomic mass is 10.2. The summed E-state index contributed by atoms with van der Waals surface area (Å²) in [5, 5.41) is 0. The molecular weight excluding hydrogens is 409 g/mol. The summed E-state index contributed by atoms with van der Waals surface area (Å²) in [6.45, 7) is 1.65. The molecule has 6 heteroatoms. The molecular formula is C25H28NO4P. The topological polar surface area (TPSA) is 56.8 Å². The van der Waals surface area contributed by atoms with Gasteiger partial charge in [-0.2, -0.15) is 0 Å². The van der Waals surface area contributed by atoms with Crippen LogP contribution in [0.15, 0.2) is 91.0 Å². The number of benzene rings is 3. The first-order chi connectivity index (χ1) is 15.2. The van der Waals surface area contributed by atoms with E-state index >= 15 is 0 Å². The highest BCUT2D eigenvalue weighted by Gasteiger charge is 2.52. The van der Waals surface area contributed by atoms with Crippen molar-refractivity contribution in [2.75, 3.05) is 6.54 Å². The molecule has 1 saturated carbocycles. The maximum Gasteiger partial charge on any atom is 0.334 e. The lowest BCUT2D eigenvalue weighted by molar-refractivity contribution is 0.0255. The van der Waals surface area contributed by atoms with E-state index in [1.165, 1.54) is 0 Å². The van der Waals surface area contributed by atoms with E-state index in [0.29, 0.717) is 13.2 Å². The number of hydroxylamine groups is 1. The molecule has 0 heterocycles. The van der Waals surface area contributed by atoms with E-state index in [9.17, 15) is 4.57 Å². The standard InChI is InChI=1S/C25H28NO4P/c27-31(29-19-22-12-6-2-7-13-22,30-20-23-14-8-3-9-15-23)25-16-24(25)17-26-28-18-21-10-4-1-5-11-21/h1-15,24-26H,16-20H2/t24-,25+/m0/s1. The Bertz CT molecular complexity index is 921. The molecule has 0 bridgehead atoms. The molecule has 1 N–H and O–H groups in total. The monoisotopic (exact) mass is 437 g/mol. The van der Waals surface area contributed by atoms with E-state index in [1.54, 1.807) is 0 Å². The molecule has 1 aliphatic rings. The molecule has 0 spiro atoms. The third-order valence-corrected chi connectivity index (χ3v) is 7.75. The van der Waals surface area contributed by atoms with Gasteiger partial charge in [-0.15, -0.1) is 0 Å². The quantitative estimate of drug-likeness (QED) is 0.223. The van der Waals surface area contributed by atoms with Gasteiger partial charge in [0.15, 0.2) is 0 Å².